The van der Waals surface area contributed by atoms with Gasteiger partial charge in [-0.15, -0.1) is 0 Å². The smallest absolute Gasteiger partial charge is 0.194 e. The van der Waals surface area contributed by atoms with Crippen molar-refractivity contribution in [1.29, 1.82) is 0 Å². The summed E-state index contributed by atoms with van der Waals surface area (Å²) in [6, 6.07) is 48.2. The molecule has 0 unspecified atom stereocenters. The lowest BCUT2D eigenvalue weighted by atomic mass is 9.94. The molecule has 5 aromatic rings. The van der Waals surface area contributed by atoms with Gasteiger partial charge < -0.3 is 0 Å². The number of allylic oxidation sites excluding steroid dienone is 1. The highest BCUT2D eigenvalue weighted by molar-refractivity contribution is 7.97. The van der Waals surface area contributed by atoms with Gasteiger partial charge in [-0.05, 0) is 52.5 Å². The van der Waals surface area contributed by atoms with Crippen LogP contribution >= 0.6 is 6.89 Å². The molecule has 0 aromatic heterocycles. The first-order chi connectivity index (χ1) is 18.2. The normalized spacial score (nSPS) is 14.0. The van der Waals surface area contributed by atoms with Gasteiger partial charge in [0.2, 0.25) is 0 Å². The summed E-state index contributed by atoms with van der Waals surface area (Å²) in [6.07, 6.45) is 2.19. The minimum absolute atomic E-state index is 0.0840. The van der Waals surface area contributed by atoms with Gasteiger partial charge in [-0.2, -0.15) is 0 Å². The van der Waals surface area contributed by atoms with Gasteiger partial charge in [0, 0.05) is 10.9 Å². The van der Waals surface area contributed by atoms with E-state index in [2.05, 4.69) is 110 Å². The summed E-state index contributed by atoms with van der Waals surface area (Å²) in [7, 11) is 0. The maximum atomic E-state index is 14.5. The quantitative estimate of drug-likeness (QED) is 0.194. The summed E-state index contributed by atoms with van der Waals surface area (Å²) in [5.74, 6) is 0.0840. The summed E-state index contributed by atoms with van der Waals surface area (Å²) in [5, 5.41) is 4.47. The minimum atomic E-state index is -2.49. The number of benzene rings is 5. The van der Waals surface area contributed by atoms with Crippen LogP contribution in [0.1, 0.15) is 27.0 Å². The maximum absolute atomic E-state index is 14.5. The van der Waals surface area contributed by atoms with E-state index >= 15 is 0 Å². The number of carbonyl (C=O) groups excluding carboxylic acids is 1. The van der Waals surface area contributed by atoms with Crippen LogP contribution in [0.3, 0.4) is 0 Å². The molecule has 2 heteroatoms. The lowest BCUT2D eigenvalue weighted by molar-refractivity contribution is 0.106. The Hall–Kier alpha value is -4.19. The van der Waals surface area contributed by atoms with Gasteiger partial charge in [0.15, 0.2) is 5.78 Å². The van der Waals surface area contributed by atoms with E-state index < -0.39 is 6.89 Å². The third-order valence-electron chi connectivity index (χ3n) is 7.12. The van der Waals surface area contributed by atoms with Crippen LogP contribution in [0.25, 0.3) is 5.57 Å². The second-order valence-electron chi connectivity index (χ2n) is 9.36. The van der Waals surface area contributed by atoms with Crippen LogP contribution < -0.4 is 15.9 Å². The molecule has 0 radical (unpaired) electrons. The highest BCUT2D eigenvalue weighted by Gasteiger charge is 2.37. The minimum Gasteiger partial charge on any atom is -0.289 e. The lowest BCUT2D eigenvalue weighted by Crippen LogP contribution is -2.36. The number of aryl methyl sites for hydroxylation is 1. The first-order valence-electron chi connectivity index (χ1n) is 12.6. The third kappa shape index (κ3) is 3.93. The van der Waals surface area contributed by atoms with Gasteiger partial charge in [-0.3, -0.25) is 4.79 Å². The largest absolute Gasteiger partial charge is 0.289 e. The van der Waals surface area contributed by atoms with E-state index in [-0.39, 0.29) is 5.78 Å². The monoisotopic (exact) mass is 494 g/mol. The first-order valence-corrected chi connectivity index (χ1v) is 14.3. The van der Waals surface area contributed by atoms with Gasteiger partial charge in [0.1, 0.15) is 0 Å². The van der Waals surface area contributed by atoms with Crippen LogP contribution in [0.2, 0.25) is 0 Å². The fourth-order valence-electron chi connectivity index (χ4n) is 5.37. The summed E-state index contributed by atoms with van der Waals surface area (Å²) in [5.41, 5.74) is 5.34. The van der Waals surface area contributed by atoms with Crippen molar-refractivity contribution in [2.24, 2.45) is 0 Å². The predicted octanol–water partition coefficient (Wildman–Crippen LogP) is 6.79. The molecule has 1 aliphatic rings. The summed E-state index contributed by atoms with van der Waals surface area (Å²) >= 11 is 0. The third-order valence-corrected chi connectivity index (χ3v) is 11.4. The molecule has 37 heavy (non-hydrogen) atoms. The molecule has 0 saturated carbocycles. The molecule has 0 saturated heterocycles. The van der Waals surface area contributed by atoms with Crippen molar-refractivity contribution >= 4 is 39.4 Å². The molecule has 1 aliphatic heterocycles. The zero-order valence-corrected chi connectivity index (χ0v) is 21.6. The Kier molecular flexibility index (Phi) is 6.08. The van der Waals surface area contributed by atoms with Gasteiger partial charge in [0.25, 0.3) is 0 Å². The van der Waals surface area contributed by atoms with Crippen LogP contribution in [0.5, 0.6) is 0 Å². The standard InChI is InChI=1S/C35H27OP/c1-26-21-23-27(24-22-26)32-25-34(35(36)28-13-5-2-6-14-28)37(29-15-7-3-8-16-29,30-17-9-4-10-18-30)33-20-12-11-19-31(32)33/h2-25H,1H3. The van der Waals surface area contributed by atoms with Crippen LogP contribution in [-0.4, -0.2) is 11.1 Å². The molecule has 0 N–H and O–H groups in total. The molecule has 6 rings (SSSR count). The van der Waals surface area contributed by atoms with E-state index in [0.29, 0.717) is 5.56 Å². The highest BCUT2D eigenvalue weighted by Crippen LogP contribution is 2.52. The Morgan fingerprint density at radius 2 is 1.08 bits per heavy atom. The number of hydrogen-bond acceptors (Lipinski definition) is 1. The Morgan fingerprint density at radius 3 is 1.68 bits per heavy atom. The van der Waals surface area contributed by atoms with Gasteiger partial charge in [0.05, 0.1) is 0 Å². The topological polar surface area (TPSA) is 17.1 Å². The summed E-state index contributed by atoms with van der Waals surface area (Å²) in [6.45, 7) is -0.391. The number of carbonyl (C=O) groups is 1. The van der Waals surface area contributed by atoms with E-state index in [4.69, 9.17) is 0 Å². The summed E-state index contributed by atoms with van der Waals surface area (Å²) in [4.78, 5) is 14.5. The molecule has 178 valence electrons. The van der Waals surface area contributed by atoms with Crippen LogP contribution in [-0.2, 0) is 0 Å². The van der Waals surface area contributed by atoms with Crippen molar-refractivity contribution in [1.82, 2.24) is 0 Å². The number of fused-ring (bicyclic) bond motifs is 1. The van der Waals surface area contributed by atoms with Crippen LogP contribution in [0.15, 0.2) is 146 Å². The Balaban J connectivity index is 1.82. The molecule has 1 nitrogen and oxygen atoms in total. The predicted molar refractivity (Wildman–Crippen MR) is 159 cm³/mol. The Morgan fingerprint density at radius 1 is 0.568 bits per heavy atom. The number of Topliss-reactive ketones (excluding diaryl/α,β-unsaturated/α-hetero) is 1. The maximum Gasteiger partial charge on any atom is 0.194 e. The average molecular weight is 495 g/mol. The zero-order chi connectivity index (χ0) is 25.2. The number of ketones is 1. The van der Waals surface area contributed by atoms with Crippen LogP contribution in [0, 0.1) is 6.92 Å². The van der Waals surface area contributed by atoms with Gasteiger partial charge in [-0.25, -0.2) is 0 Å². The molecular formula is C35H27OP. The second-order valence-corrected chi connectivity index (χ2v) is 12.7. The Bertz CT molecular complexity index is 1620. The molecule has 0 atom stereocenters. The number of rotatable bonds is 5. The molecule has 0 aliphatic carbocycles. The van der Waals surface area contributed by atoms with Crippen molar-refractivity contribution < 1.29 is 4.79 Å². The van der Waals surface area contributed by atoms with E-state index in [1.165, 1.54) is 27.0 Å². The fraction of sp³-hybridized carbons (Fsp3) is 0.0286. The molecule has 0 fully saturated rings. The van der Waals surface area contributed by atoms with Crippen molar-refractivity contribution in [3.8, 4) is 0 Å². The van der Waals surface area contributed by atoms with Crippen molar-refractivity contribution in [2.45, 2.75) is 6.92 Å². The highest BCUT2D eigenvalue weighted by atomic mass is 31.2. The lowest BCUT2D eigenvalue weighted by Gasteiger charge is -2.36. The SMILES string of the molecule is Cc1ccc(C2=CC(C(=O)c3ccccc3)=P(c3ccccc3)(c3ccccc3)c3ccccc32)cc1. The number of hydrogen-bond donors (Lipinski definition) is 0. The molecule has 1 heterocycles. The van der Waals surface area contributed by atoms with E-state index in [1.807, 2.05) is 42.5 Å². The zero-order valence-electron chi connectivity index (χ0n) is 20.7. The summed E-state index contributed by atoms with van der Waals surface area (Å²) < 4.78 is 0. The fourth-order valence-corrected chi connectivity index (χ4v) is 9.90. The molecule has 0 bridgehead atoms. The second kappa shape index (κ2) is 9.69. The molecule has 0 amide bonds. The van der Waals surface area contributed by atoms with Gasteiger partial charge >= 0.3 is 0 Å². The van der Waals surface area contributed by atoms with E-state index in [9.17, 15) is 4.79 Å². The molecular weight excluding hydrogens is 467 g/mol. The first kappa shape index (κ1) is 23.2. The average Bonchev–Trinajstić information content (AvgIpc) is 2.98. The van der Waals surface area contributed by atoms with E-state index in [0.717, 1.165) is 16.4 Å². The molecule has 0 spiro atoms. The van der Waals surface area contributed by atoms with Gasteiger partial charge in [-0.1, -0.05) is 145 Å². The van der Waals surface area contributed by atoms with Crippen LogP contribution in [0.4, 0.5) is 0 Å². The van der Waals surface area contributed by atoms with E-state index in [1.54, 1.807) is 0 Å². The Labute approximate surface area is 218 Å². The van der Waals surface area contributed by atoms with Crippen molar-refractivity contribution in [2.75, 3.05) is 0 Å². The molecule has 5 aromatic carbocycles. The van der Waals surface area contributed by atoms with Crippen molar-refractivity contribution in [3.63, 3.8) is 0 Å². The van der Waals surface area contributed by atoms with Crippen molar-refractivity contribution in [3.05, 3.63) is 168 Å².